The van der Waals surface area contributed by atoms with Gasteiger partial charge < -0.3 is 4.42 Å². The molecule has 0 saturated heterocycles. The Morgan fingerprint density at radius 3 is 3.00 bits per heavy atom. The number of furan rings is 1. The number of rotatable bonds is 0. The molecule has 13 heavy (non-hydrogen) atoms. The zero-order valence-electron chi connectivity index (χ0n) is 6.78. The van der Waals surface area contributed by atoms with Crippen LogP contribution in [-0.4, -0.2) is 6.29 Å². The molecule has 0 spiro atoms. The zero-order chi connectivity index (χ0) is 9.10. The van der Waals surface area contributed by atoms with Crippen LogP contribution in [0.5, 0.6) is 0 Å². The van der Waals surface area contributed by atoms with Crippen molar-refractivity contribution in [3.05, 3.63) is 36.1 Å². The van der Waals surface area contributed by atoms with Crippen molar-refractivity contribution in [2.45, 2.75) is 0 Å². The van der Waals surface area contributed by atoms with Crippen LogP contribution in [0.1, 0.15) is 5.56 Å². The molecule has 0 aliphatic heterocycles. The molecule has 1 heterocycles. The average Bonchev–Trinajstić information content (AvgIpc) is 2.58. The summed E-state index contributed by atoms with van der Waals surface area (Å²) in [5, 5.41) is 0.942. The van der Waals surface area contributed by atoms with E-state index >= 15 is 0 Å². The summed E-state index contributed by atoms with van der Waals surface area (Å²) in [6.07, 6.45) is 2.13. The molecule has 2 rings (SSSR count). The summed E-state index contributed by atoms with van der Waals surface area (Å²) in [6, 6.07) is 7.57. The molecule has 2 aromatic rings. The van der Waals surface area contributed by atoms with E-state index in [1.807, 2.05) is 24.3 Å². The Hall–Kier alpha value is -2.01. The summed E-state index contributed by atoms with van der Waals surface area (Å²) in [5.41, 5.74) is 1.54. The molecule has 1 aromatic carbocycles. The van der Waals surface area contributed by atoms with E-state index in [4.69, 9.17) is 4.42 Å². The van der Waals surface area contributed by atoms with Gasteiger partial charge in [-0.05, 0) is 18.1 Å². The molecule has 0 aliphatic carbocycles. The molecule has 0 bridgehead atoms. The molecule has 0 amide bonds. The first kappa shape index (κ1) is 7.63. The lowest BCUT2D eigenvalue weighted by Gasteiger charge is -1.84. The normalized spacial score (nSPS) is 9.23. The molecule has 0 saturated carbocycles. The number of para-hydroxylation sites is 1. The maximum Gasteiger partial charge on any atom is 0.193 e. The van der Waals surface area contributed by atoms with Gasteiger partial charge in [0.25, 0.3) is 0 Å². The van der Waals surface area contributed by atoms with Gasteiger partial charge in [0, 0.05) is 5.39 Å². The Balaban J connectivity index is 2.64. The predicted octanol–water partition coefficient (Wildman–Crippen LogP) is 1.98. The van der Waals surface area contributed by atoms with Crippen molar-refractivity contribution in [2.24, 2.45) is 0 Å². The van der Waals surface area contributed by atoms with Crippen LogP contribution in [0, 0.1) is 11.8 Å². The molecular formula is C11H6O2. The molecule has 1 aromatic heterocycles. The SMILES string of the molecule is O=CC#Cc1coc2ccccc12. The summed E-state index contributed by atoms with van der Waals surface area (Å²) in [4.78, 5) is 10.0. The van der Waals surface area contributed by atoms with Crippen molar-refractivity contribution in [1.29, 1.82) is 0 Å². The Kier molecular flexibility index (Phi) is 1.85. The second-order valence-electron chi connectivity index (χ2n) is 2.53. The molecule has 0 N–H and O–H groups in total. The number of fused-ring (bicyclic) bond motifs is 1. The molecule has 0 aliphatic rings. The molecule has 0 fully saturated rings. The van der Waals surface area contributed by atoms with E-state index < -0.39 is 0 Å². The highest BCUT2D eigenvalue weighted by molar-refractivity contribution is 5.85. The van der Waals surface area contributed by atoms with Crippen molar-refractivity contribution in [3.63, 3.8) is 0 Å². The molecule has 2 nitrogen and oxygen atoms in total. The lowest BCUT2D eigenvalue weighted by atomic mass is 10.2. The summed E-state index contributed by atoms with van der Waals surface area (Å²) < 4.78 is 5.23. The van der Waals surface area contributed by atoms with Gasteiger partial charge in [0.15, 0.2) is 6.29 Å². The van der Waals surface area contributed by atoms with Gasteiger partial charge in [-0.3, -0.25) is 4.79 Å². The first-order valence-electron chi connectivity index (χ1n) is 3.83. The van der Waals surface area contributed by atoms with Crippen LogP contribution >= 0.6 is 0 Å². The van der Waals surface area contributed by atoms with Crippen LogP contribution in [0.4, 0.5) is 0 Å². The summed E-state index contributed by atoms with van der Waals surface area (Å²) >= 11 is 0. The fraction of sp³-hybridized carbons (Fsp3) is 0. The third-order valence-electron chi connectivity index (χ3n) is 1.75. The Morgan fingerprint density at radius 2 is 2.15 bits per heavy atom. The van der Waals surface area contributed by atoms with E-state index in [9.17, 15) is 4.79 Å². The Labute approximate surface area is 75.2 Å². The van der Waals surface area contributed by atoms with Gasteiger partial charge >= 0.3 is 0 Å². The number of aldehydes is 1. The highest BCUT2D eigenvalue weighted by atomic mass is 16.3. The second-order valence-corrected chi connectivity index (χ2v) is 2.53. The van der Waals surface area contributed by atoms with Crippen molar-refractivity contribution >= 4 is 17.3 Å². The van der Waals surface area contributed by atoms with Gasteiger partial charge in [-0.2, -0.15) is 0 Å². The van der Waals surface area contributed by atoms with Crippen LogP contribution in [-0.2, 0) is 4.79 Å². The van der Waals surface area contributed by atoms with Gasteiger partial charge in [0.2, 0.25) is 0 Å². The van der Waals surface area contributed by atoms with Gasteiger partial charge in [-0.1, -0.05) is 18.1 Å². The largest absolute Gasteiger partial charge is 0.463 e. The highest BCUT2D eigenvalue weighted by Crippen LogP contribution is 2.19. The maximum atomic E-state index is 10.0. The van der Waals surface area contributed by atoms with E-state index in [2.05, 4.69) is 11.8 Å². The van der Waals surface area contributed by atoms with Gasteiger partial charge in [-0.25, -0.2) is 0 Å². The molecule has 0 radical (unpaired) electrons. The zero-order valence-corrected chi connectivity index (χ0v) is 6.78. The second kappa shape index (κ2) is 3.16. The van der Waals surface area contributed by atoms with Gasteiger partial charge in [0.1, 0.15) is 11.8 Å². The van der Waals surface area contributed by atoms with Crippen LogP contribution < -0.4 is 0 Å². The predicted molar refractivity (Wildman–Crippen MR) is 49.2 cm³/mol. The molecular weight excluding hydrogens is 164 g/mol. The van der Waals surface area contributed by atoms with E-state index in [0.29, 0.717) is 6.29 Å². The van der Waals surface area contributed by atoms with E-state index in [0.717, 1.165) is 16.5 Å². The van der Waals surface area contributed by atoms with E-state index in [1.165, 1.54) is 0 Å². The minimum atomic E-state index is 0.571. The van der Waals surface area contributed by atoms with Crippen molar-refractivity contribution in [2.75, 3.05) is 0 Å². The fourth-order valence-corrected chi connectivity index (χ4v) is 1.18. The standard InChI is InChI=1S/C11H6O2/c12-7-3-4-9-8-13-11-6-2-1-5-10(9)11/h1-2,5-8H. The molecule has 0 atom stereocenters. The molecule has 62 valence electrons. The molecule has 0 unspecified atom stereocenters. The summed E-state index contributed by atoms with van der Waals surface area (Å²) in [5.74, 6) is 5.06. The quantitative estimate of drug-likeness (QED) is 0.447. The Morgan fingerprint density at radius 1 is 1.31 bits per heavy atom. The number of benzene rings is 1. The first-order chi connectivity index (χ1) is 6.42. The van der Waals surface area contributed by atoms with Crippen molar-refractivity contribution in [3.8, 4) is 11.8 Å². The number of hydrogen-bond acceptors (Lipinski definition) is 2. The third kappa shape index (κ3) is 1.32. The monoisotopic (exact) mass is 170 g/mol. The number of carbonyl (C=O) groups excluding carboxylic acids is 1. The van der Waals surface area contributed by atoms with Crippen LogP contribution in [0.3, 0.4) is 0 Å². The summed E-state index contributed by atoms with van der Waals surface area (Å²) in [7, 11) is 0. The van der Waals surface area contributed by atoms with Gasteiger partial charge in [0.05, 0.1) is 5.56 Å². The first-order valence-corrected chi connectivity index (χ1v) is 3.83. The smallest absolute Gasteiger partial charge is 0.193 e. The summed E-state index contributed by atoms with van der Waals surface area (Å²) in [6.45, 7) is 0. The molecule has 2 heteroatoms. The fourth-order valence-electron chi connectivity index (χ4n) is 1.18. The maximum absolute atomic E-state index is 10.0. The number of carbonyl (C=O) groups is 1. The number of hydrogen-bond donors (Lipinski definition) is 0. The lowest BCUT2D eigenvalue weighted by molar-refractivity contribution is -0.103. The van der Waals surface area contributed by atoms with Crippen LogP contribution in [0.25, 0.3) is 11.0 Å². The average molecular weight is 170 g/mol. The third-order valence-corrected chi connectivity index (χ3v) is 1.75. The van der Waals surface area contributed by atoms with Crippen molar-refractivity contribution in [1.82, 2.24) is 0 Å². The van der Waals surface area contributed by atoms with E-state index in [1.54, 1.807) is 6.26 Å². The van der Waals surface area contributed by atoms with E-state index in [-0.39, 0.29) is 0 Å². The Bertz CT molecular complexity index is 497. The lowest BCUT2D eigenvalue weighted by Crippen LogP contribution is -1.69. The highest BCUT2D eigenvalue weighted by Gasteiger charge is 2.00. The van der Waals surface area contributed by atoms with Crippen LogP contribution in [0.2, 0.25) is 0 Å². The van der Waals surface area contributed by atoms with Gasteiger partial charge in [-0.15, -0.1) is 0 Å². The van der Waals surface area contributed by atoms with Crippen molar-refractivity contribution < 1.29 is 9.21 Å². The minimum Gasteiger partial charge on any atom is -0.463 e. The van der Waals surface area contributed by atoms with Crippen LogP contribution in [0.15, 0.2) is 34.9 Å². The topological polar surface area (TPSA) is 30.2 Å². The minimum absolute atomic E-state index is 0.571.